The number of nitrogens with zero attached hydrogens (tertiary/aromatic N) is 2. The highest BCUT2D eigenvalue weighted by Crippen LogP contribution is 2.48. The van der Waals surface area contributed by atoms with Gasteiger partial charge in [-0.25, -0.2) is 9.96 Å². The SMILES string of the molecule is Cc1ccc(N2C(=O)[C@H]3[C@@H](c4cccc5ccccc45)N(c4ccccc4)O[C@H]3C2=O)cc1. The Morgan fingerprint density at radius 1 is 0.697 bits per heavy atom. The summed E-state index contributed by atoms with van der Waals surface area (Å²) in [5.41, 5.74) is 3.43. The molecule has 2 amide bonds. The number of rotatable bonds is 3. The summed E-state index contributed by atoms with van der Waals surface area (Å²) in [4.78, 5) is 34.8. The van der Waals surface area contributed by atoms with E-state index in [1.54, 1.807) is 5.06 Å². The van der Waals surface area contributed by atoms with E-state index in [1.807, 2.05) is 85.8 Å². The topological polar surface area (TPSA) is 49.9 Å². The average molecular weight is 434 g/mol. The van der Waals surface area contributed by atoms with Gasteiger partial charge in [-0.05, 0) is 47.5 Å². The van der Waals surface area contributed by atoms with Crippen molar-refractivity contribution in [2.45, 2.75) is 19.1 Å². The van der Waals surface area contributed by atoms with Gasteiger partial charge in [0.15, 0.2) is 6.10 Å². The van der Waals surface area contributed by atoms with Crippen LogP contribution in [0.2, 0.25) is 0 Å². The molecule has 0 spiro atoms. The van der Waals surface area contributed by atoms with Gasteiger partial charge >= 0.3 is 0 Å². The van der Waals surface area contributed by atoms with Crippen molar-refractivity contribution in [1.29, 1.82) is 0 Å². The quantitative estimate of drug-likeness (QED) is 0.416. The lowest BCUT2D eigenvalue weighted by molar-refractivity contribution is -0.126. The molecule has 0 N–H and O–H groups in total. The first-order valence-corrected chi connectivity index (χ1v) is 11.1. The third kappa shape index (κ3) is 3.04. The van der Waals surface area contributed by atoms with Gasteiger partial charge in [0, 0.05) is 0 Å². The molecule has 3 atom stereocenters. The lowest BCUT2D eigenvalue weighted by Gasteiger charge is -2.29. The minimum atomic E-state index is -0.872. The van der Waals surface area contributed by atoms with Gasteiger partial charge in [-0.3, -0.25) is 14.4 Å². The monoisotopic (exact) mass is 434 g/mol. The van der Waals surface area contributed by atoms with Crippen LogP contribution >= 0.6 is 0 Å². The van der Waals surface area contributed by atoms with Crippen LogP contribution in [-0.2, 0) is 14.4 Å². The molecule has 4 aromatic rings. The molecule has 0 unspecified atom stereocenters. The molecule has 2 saturated heterocycles. The van der Waals surface area contributed by atoms with E-state index in [9.17, 15) is 9.59 Å². The molecule has 162 valence electrons. The number of hydrogen-bond donors (Lipinski definition) is 0. The van der Waals surface area contributed by atoms with Gasteiger partial charge in [-0.15, -0.1) is 0 Å². The summed E-state index contributed by atoms with van der Waals surface area (Å²) in [6.45, 7) is 1.98. The van der Waals surface area contributed by atoms with Crippen LogP contribution in [0.1, 0.15) is 17.2 Å². The minimum absolute atomic E-state index is 0.231. The van der Waals surface area contributed by atoms with Gasteiger partial charge in [0.1, 0.15) is 5.92 Å². The van der Waals surface area contributed by atoms with E-state index in [4.69, 9.17) is 4.84 Å². The predicted molar refractivity (Wildman–Crippen MR) is 128 cm³/mol. The van der Waals surface area contributed by atoms with Crippen LogP contribution < -0.4 is 9.96 Å². The largest absolute Gasteiger partial charge is 0.273 e. The van der Waals surface area contributed by atoms with Gasteiger partial charge in [-0.2, -0.15) is 0 Å². The molecule has 0 radical (unpaired) electrons. The molecule has 2 aliphatic heterocycles. The van der Waals surface area contributed by atoms with Crippen molar-refractivity contribution in [3.63, 3.8) is 0 Å². The van der Waals surface area contributed by atoms with Crippen LogP contribution in [0.4, 0.5) is 11.4 Å². The van der Waals surface area contributed by atoms with Gasteiger partial charge in [0.2, 0.25) is 5.91 Å². The Hall–Kier alpha value is -3.96. The molecule has 0 aromatic heterocycles. The fraction of sp³-hybridized carbons (Fsp3) is 0.143. The van der Waals surface area contributed by atoms with Gasteiger partial charge in [0.05, 0.1) is 17.4 Å². The maximum atomic E-state index is 13.8. The number of aryl methyl sites for hydroxylation is 1. The minimum Gasteiger partial charge on any atom is -0.273 e. The van der Waals surface area contributed by atoms with E-state index in [-0.39, 0.29) is 11.8 Å². The van der Waals surface area contributed by atoms with E-state index in [1.165, 1.54) is 4.90 Å². The van der Waals surface area contributed by atoms with E-state index in [0.717, 1.165) is 27.6 Å². The maximum Gasteiger partial charge on any atom is 0.266 e. The number of benzene rings is 4. The molecule has 0 bridgehead atoms. The number of carbonyl (C=O) groups is 2. The fourth-order valence-corrected chi connectivity index (χ4v) is 4.99. The molecule has 0 saturated carbocycles. The highest BCUT2D eigenvalue weighted by Gasteiger charge is 2.60. The number of para-hydroxylation sites is 1. The Morgan fingerprint density at radius 2 is 1.39 bits per heavy atom. The first kappa shape index (κ1) is 19.7. The normalized spacial score (nSPS) is 22.3. The Morgan fingerprint density at radius 3 is 2.18 bits per heavy atom. The first-order valence-electron chi connectivity index (χ1n) is 11.1. The average Bonchev–Trinajstić information content (AvgIpc) is 3.36. The first-order chi connectivity index (χ1) is 16.1. The van der Waals surface area contributed by atoms with Gasteiger partial charge in [0.25, 0.3) is 5.91 Å². The van der Waals surface area contributed by atoms with Crippen molar-refractivity contribution >= 4 is 34.0 Å². The van der Waals surface area contributed by atoms with Crippen molar-refractivity contribution in [2.75, 3.05) is 9.96 Å². The fourth-order valence-electron chi connectivity index (χ4n) is 4.99. The lowest BCUT2D eigenvalue weighted by atomic mass is 9.87. The molecule has 2 fully saturated rings. The zero-order valence-electron chi connectivity index (χ0n) is 18.1. The molecule has 5 heteroatoms. The summed E-state index contributed by atoms with van der Waals surface area (Å²) in [5.74, 6) is -1.20. The van der Waals surface area contributed by atoms with Crippen LogP contribution in [-0.4, -0.2) is 17.9 Å². The second kappa shape index (κ2) is 7.57. The second-order valence-corrected chi connectivity index (χ2v) is 8.57. The van der Waals surface area contributed by atoms with Gasteiger partial charge < -0.3 is 0 Å². The van der Waals surface area contributed by atoms with Crippen LogP contribution in [0.5, 0.6) is 0 Å². The molecule has 5 nitrogen and oxygen atoms in total. The Labute approximate surface area is 191 Å². The van der Waals surface area contributed by atoms with Crippen LogP contribution in [0.15, 0.2) is 97.1 Å². The van der Waals surface area contributed by atoms with Crippen molar-refractivity contribution in [2.24, 2.45) is 5.92 Å². The van der Waals surface area contributed by atoms with Crippen LogP contribution in [0.25, 0.3) is 10.8 Å². The maximum absolute atomic E-state index is 13.8. The molecule has 33 heavy (non-hydrogen) atoms. The summed E-state index contributed by atoms with van der Waals surface area (Å²) in [5, 5.41) is 3.88. The number of fused-ring (bicyclic) bond motifs is 2. The standard InChI is InChI=1S/C28H22N2O3/c1-18-14-16-20(17-15-18)29-27(31)24-25(23-13-7-9-19-8-5-6-12-22(19)23)30(33-26(24)28(29)32)21-10-3-2-4-11-21/h2-17,24-26H,1H3/t24-,25+,26+/m0/s1. The molecule has 4 aromatic carbocycles. The zero-order chi connectivity index (χ0) is 22.5. The smallest absolute Gasteiger partial charge is 0.266 e. The number of hydrogen-bond acceptors (Lipinski definition) is 4. The third-order valence-electron chi connectivity index (χ3n) is 6.56. The molecular weight excluding hydrogens is 412 g/mol. The Balaban J connectivity index is 1.50. The Kier molecular flexibility index (Phi) is 4.52. The van der Waals surface area contributed by atoms with Crippen molar-refractivity contribution in [1.82, 2.24) is 0 Å². The summed E-state index contributed by atoms with van der Waals surface area (Å²) in [6, 6.07) is 30.8. The van der Waals surface area contributed by atoms with E-state index in [2.05, 4.69) is 18.2 Å². The summed E-state index contributed by atoms with van der Waals surface area (Å²) >= 11 is 0. The van der Waals surface area contributed by atoms with E-state index in [0.29, 0.717) is 5.69 Å². The number of imide groups is 1. The number of amides is 2. The lowest BCUT2D eigenvalue weighted by Crippen LogP contribution is -2.37. The summed E-state index contributed by atoms with van der Waals surface area (Å²) in [6.07, 6.45) is -0.872. The van der Waals surface area contributed by atoms with Gasteiger partial charge in [-0.1, -0.05) is 78.4 Å². The highest BCUT2D eigenvalue weighted by molar-refractivity contribution is 6.24. The van der Waals surface area contributed by atoms with E-state index >= 15 is 0 Å². The zero-order valence-corrected chi connectivity index (χ0v) is 18.1. The molecular formula is C28H22N2O3. The van der Waals surface area contributed by atoms with Crippen molar-refractivity contribution in [3.8, 4) is 0 Å². The van der Waals surface area contributed by atoms with Crippen LogP contribution in [0.3, 0.4) is 0 Å². The third-order valence-corrected chi connectivity index (χ3v) is 6.56. The van der Waals surface area contributed by atoms with E-state index < -0.39 is 18.1 Å². The molecule has 0 aliphatic carbocycles. The number of carbonyl (C=O) groups excluding carboxylic acids is 2. The van der Waals surface area contributed by atoms with Crippen molar-refractivity contribution in [3.05, 3.63) is 108 Å². The summed E-state index contributed by atoms with van der Waals surface area (Å²) in [7, 11) is 0. The molecule has 2 aliphatic rings. The van der Waals surface area contributed by atoms with Crippen LogP contribution in [0, 0.1) is 12.8 Å². The second-order valence-electron chi connectivity index (χ2n) is 8.57. The number of hydroxylamine groups is 1. The van der Waals surface area contributed by atoms with Crippen molar-refractivity contribution < 1.29 is 14.4 Å². The number of anilines is 2. The highest BCUT2D eigenvalue weighted by atomic mass is 16.7. The predicted octanol–water partition coefficient (Wildman–Crippen LogP) is 5.20. The summed E-state index contributed by atoms with van der Waals surface area (Å²) < 4.78 is 0. The Bertz CT molecular complexity index is 1360. The molecule has 6 rings (SSSR count). The molecule has 2 heterocycles.